The Morgan fingerprint density at radius 1 is 1.12 bits per heavy atom. The van der Waals surface area contributed by atoms with Gasteiger partial charge in [-0.15, -0.1) is 11.3 Å². The summed E-state index contributed by atoms with van der Waals surface area (Å²) in [6, 6.07) is 12.9. The molecule has 0 bridgehead atoms. The number of aliphatic imine (C=N–C) groups is 1. The Labute approximate surface area is 148 Å². The number of nitrogens with zero attached hydrogens (tertiary/aromatic N) is 3. The molecule has 3 rings (SSSR count). The third-order valence-corrected chi connectivity index (χ3v) is 5.48. The van der Waals surface area contributed by atoms with E-state index in [-0.39, 0.29) is 0 Å². The average Bonchev–Trinajstić information content (AvgIpc) is 3.15. The smallest absolute Gasteiger partial charge is 0.193 e. The Balaban J connectivity index is 1.48. The highest BCUT2D eigenvalue weighted by atomic mass is 32.1. The second-order valence-electron chi connectivity index (χ2n) is 6.08. The first-order valence-corrected chi connectivity index (χ1v) is 9.44. The van der Waals surface area contributed by atoms with Crippen LogP contribution in [0.25, 0.3) is 0 Å². The van der Waals surface area contributed by atoms with E-state index in [9.17, 15) is 0 Å². The van der Waals surface area contributed by atoms with Crippen LogP contribution in [0.1, 0.15) is 11.1 Å². The number of anilines is 1. The molecule has 128 valence electrons. The minimum atomic E-state index is 0.919. The zero-order valence-electron chi connectivity index (χ0n) is 14.5. The number of hydrogen-bond donors (Lipinski definition) is 1. The van der Waals surface area contributed by atoms with Crippen LogP contribution in [0.3, 0.4) is 0 Å². The zero-order chi connectivity index (χ0) is 16.8. The lowest BCUT2D eigenvalue weighted by Gasteiger charge is -2.37. The second-order valence-corrected chi connectivity index (χ2v) is 7.00. The summed E-state index contributed by atoms with van der Waals surface area (Å²) in [6.07, 6.45) is 1.03. The SMILES string of the molecule is CN=C(NCCc1ccccc1C)N1CCN(c2cccs2)CC1. The van der Waals surface area contributed by atoms with Crippen molar-refractivity contribution in [1.82, 2.24) is 10.2 Å². The Morgan fingerprint density at radius 2 is 1.92 bits per heavy atom. The molecule has 1 aromatic carbocycles. The molecule has 2 aromatic rings. The molecule has 1 saturated heterocycles. The number of thiophene rings is 1. The number of rotatable bonds is 4. The maximum Gasteiger partial charge on any atom is 0.193 e. The molecule has 1 aromatic heterocycles. The van der Waals surface area contributed by atoms with Crippen molar-refractivity contribution < 1.29 is 0 Å². The molecule has 0 atom stereocenters. The van der Waals surface area contributed by atoms with Gasteiger partial charge < -0.3 is 15.1 Å². The number of benzene rings is 1. The number of hydrogen-bond acceptors (Lipinski definition) is 3. The first-order valence-electron chi connectivity index (χ1n) is 8.56. The van der Waals surface area contributed by atoms with Gasteiger partial charge in [-0.05, 0) is 42.0 Å². The molecule has 0 amide bonds. The van der Waals surface area contributed by atoms with Crippen molar-refractivity contribution in [3.05, 3.63) is 52.9 Å². The minimum Gasteiger partial charge on any atom is -0.360 e. The topological polar surface area (TPSA) is 30.9 Å². The van der Waals surface area contributed by atoms with Crippen LogP contribution in [0, 0.1) is 6.92 Å². The summed E-state index contributed by atoms with van der Waals surface area (Å²) in [6.45, 7) is 7.23. The predicted octanol–water partition coefficient (Wildman–Crippen LogP) is 3.00. The first-order chi connectivity index (χ1) is 11.8. The van der Waals surface area contributed by atoms with Gasteiger partial charge in [0.2, 0.25) is 0 Å². The van der Waals surface area contributed by atoms with Crippen LogP contribution in [-0.2, 0) is 6.42 Å². The maximum absolute atomic E-state index is 4.47. The Kier molecular flexibility index (Phi) is 5.75. The van der Waals surface area contributed by atoms with E-state index >= 15 is 0 Å². The molecular formula is C19H26N4S. The fourth-order valence-electron chi connectivity index (χ4n) is 3.12. The van der Waals surface area contributed by atoms with Crippen molar-refractivity contribution >= 4 is 22.3 Å². The summed E-state index contributed by atoms with van der Waals surface area (Å²) in [5, 5.41) is 7.04. The fourth-order valence-corrected chi connectivity index (χ4v) is 3.91. The quantitative estimate of drug-likeness (QED) is 0.684. The van der Waals surface area contributed by atoms with E-state index in [1.54, 1.807) is 0 Å². The molecule has 0 spiro atoms. The largest absolute Gasteiger partial charge is 0.360 e. The zero-order valence-corrected chi connectivity index (χ0v) is 15.4. The van der Waals surface area contributed by atoms with Crippen molar-refractivity contribution in [2.24, 2.45) is 4.99 Å². The number of piperazine rings is 1. The molecule has 1 N–H and O–H groups in total. The monoisotopic (exact) mass is 342 g/mol. The Hall–Kier alpha value is -2.01. The van der Waals surface area contributed by atoms with Crippen LogP contribution in [0.5, 0.6) is 0 Å². The Morgan fingerprint density at radius 3 is 2.58 bits per heavy atom. The molecule has 4 nitrogen and oxygen atoms in total. The van der Waals surface area contributed by atoms with Crippen LogP contribution in [0.2, 0.25) is 0 Å². The number of aryl methyl sites for hydroxylation is 1. The molecule has 0 radical (unpaired) electrons. The molecule has 1 fully saturated rings. The molecule has 5 heteroatoms. The van der Waals surface area contributed by atoms with E-state index in [2.05, 4.69) is 68.8 Å². The highest BCUT2D eigenvalue weighted by Gasteiger charge is 2.20. The van der Waals surface area contributed by atoms with Gasteiger partial charge in [-0.25, -0.2) is 0 Å². The molecule has 1 aliphatic rings. The van der Waals surface area contributed by atoms with Crippen LogP contribution in [0.15, 0.2) is 46.8 Å². The van der Waals surface area contributed by atoms with Crippen molar-refractivity contribution in [3.8, 4) is 0 Å². The first kappa shape index (κ1) is 16.8. The molecule has 0 saturated carbocycles. The van der Waals surface area contributed by atoms with E-state index in [1.807, 2.05) is 18.4 Å². The van der Waals surface area contributed by atoms with Gasteiger partial charge in [0.25, 0.3) is 0 Å². The third kappa shape index (κ3) is 4.09. The van der Waals surface area contributed by atoms with E-state index in [1.165, 1.54) is 16.1 Å². The fraction of sp³-hybridized carbons (Fsp3) is 0.421. The van der Waals surface area contributed by atoms with Gasteiger partial charge in [0.15, 0.2) is 5.96 Å². The summed E-state index contributed by atoms with van der Waals surface area (Å²) in [5.74, 6) is 1.02. The van der Waals surface area contributed by atoms with Gasteiger partial charge in [-0.2, -0.15) is 0 Å². The standard InChI is InChI=1S/C19H26N4S/c1-16-6-3-4-7-17(16)9-10-21-19(20-2)23-13-11-22(12-14-23)18-8-5-15-24-18/h3-8,15H,9-14H2,1-2H3,(H,20,21). The summed E-state index contributed by atoms with van der Waals surface area (Å²) in [4.78, 5) is 9.29. The van der Waals surface area contributed by atoms with Crippen molar-refractivity contribution in [2.45, 2.75) is 13.3 Å². The van der Waals surface area contributed by atoms with Crippen LogP contribution < -0.4 is 10.2 Å². The molecule has 1 aliphatic heterocycles. The maximum atomic E-state index is 4.47. The number of nitrogens with one attached hydrogen (secondary N) is 1. The summed E-state index contributed by atoms with van der Waals surface area (Å²) in [7, 11) is 1.88. The highest BCUT2D eigenvalue weighted by Crippen LogP contribution is 2.22. The van der Waals surface area contributed by atoms with Crippen molar-refractivity contribution in [2.75, 3.05) is 44.7 Å². The molecule has 2 heterocycles. The lowest BCUT2D eigenvalue weighted by molar-refractivity contribution is 0.374. The van der Waals surface area contributed by atoms with Crippen LogP contribution in [0.4, 0.5) is 5.00 Å². The van der Waals surface area contributed by atoms with Crippen LogP contribution >= 0.6 is 11.3 Å². The predicted molar refractivity (Wildman–Crippen MR) is 104 cm³/mol. The normalized spacial score (nSPS) is 15.7. The van der Waals surface area contributed by atoms with Gasteiger partial charge in [0.05, 0.1) is 5.00 Å². The highest BCUT2D eigenvalue weighted by molar-refractivity contribution is 7.14. The lowest BCUT2D eigenvalue weighted by Crippen LogP contribution is -2.52. The summed E-state index contributed by atoms with van der Waals surface area (Å²) in [5.41, 5.74) is 2.77. The molecule has 24 heavy (non-hydrogen) atoms. The van der Waals surface area contributed by atoms with Gasteiger partial charge in [-0.3, -0.25) is 4.99 Å². The molecule has 0 aliphatic carbocycles. The minimum absolute atomic E-state index is 0.919. The lowest BCUT2D eigenvalue weighted by atomic mass is 10.1. The van der Waals surface area contributed by atoms with Gasteiger partial charge in [-0.1, -0.05) is 24.3 Å². The van der Waals surface area contributed by atoms with E-state index in [0.717, 1.165) is 45.1 Å². The van der Waals surface area contributed by atoms with Crippen molar-refractivity contribution in [1.29, 1.82) is 0 Å². The second kappa shape index (κ2) is 8.20. The summed E-state index contributed by atoms with van der Waals surface area (Å²) >= 11 is 1.82. The molecular weight excluding hydrogens is 316 g/mol. The third-order valence-electron chi connectivity index (χ3n) is 4.55. The number of guanidine groups is 1. The van der Waals surface area contributed by atoms with Gasteiger partial charge in [0, 0.05) is 39.8 Å². The van der Waals surface area contributed by atoms with E-state index < -0.39 is 0 Å². The summed E-state index contributed by atoms with van der Waals surface area (Å²) < 4.78 is 0. The average molecular weight is 343 g/mol. The van der Waals surface area contributed by atoms with Gasteiger partial charge in [0.1, 0.15) is 0 Å². The Bertz CT molecular complexity index is 658. The van der Waals surface area contributed by atoms with Gasteiger partial charge >= 0.3 is 0 Å². The molecule has 0 unspecified atom stereocenters. The van der Waals surface area contributed by atoms with Crippen molar-refractivity contribution in [3.63, 3.8) is 0 Å². The van der Waals surface area contributed by atoms with Crippen LogP contribution in [-0.4, -0.2) is 50.6 Å². The van der Waals surface area contributed by atoms with E-state index in [0.29, 0.717) is 0 Å². The van der Waals surface area contributed by atoms with E-state index in [4.69, 9.17) is 0 Å².